The number of hydrogen-bond donors (Lipinski definition) is 1. The molecule has 0 aliphatic carbocycles. The lowest BCUT2D eigenvalue weighted by atomic mass is 10.1. The summed E-state index contributed by atoms with van der Waals surface area (Å²) in [4.78, 5) is 17.7. The van der Waals surface area contributed by atoms with E-state index in [2.05, 4.69) is 29.0 Å². The number of nitrogens with zero attached hydrogens (tertiary/aromatic N) is 3. The van der Waals surface area contributed by atoms with Crippen LogP contribution in [0.4, 0.5) is 11.4 Å². The van der Waals surface area contributed by atoms with Crippen molar-refractivity contribution in [3.8, 4) is 0 Å². The molecule has 1 aliphatic rings. The number of nitro benzene ring substituents is 1. The highest BCUT2D eigenvalue weighted by atomic mass is 16.6. The Morgan fingerprint density at radius 2 is 2.32 bits per heavy atom. The Kier molecular flexibility index (Phi) is 5.15. The van der Waals surface area contributed by atoms with Crippen molar-refractivity contribution in [2.45, 2.75) is 32.9 Å². The molecule has 1 aromatic heterocycles. The average Bonchev–Trinajstić information content (AvgIpc) is 2.59. The van der Waals surface area contributed by atoms with Gasteiger partial charge in [0.2, 0.25) is 0 Å². The Balaban J connectivity index is 1.84. The monoisotopic (exact) mass is 344 g/mol. The molecule has 2 atom stereocenters. The molecule has 2 unspecified atom stereocenters. The predicted molar refractivity (Wildman–Crippen MR) is 98.1 cm³/mol. The molecular formula is C18H24N4O3. The zero-order valence-corrected chi connectivity index (χ0v) is 14.9. The van der Waals surface area contributed by atoms with Gasteiger partial charge >= 0.3 is 0 Å². The van der Waals surface area contributed by atoms with Gasteiger partial charge < -0.3 is 10.1 Å². The maximum atomic E-state index is 11.3. The third-order valence-electron chi connectivity index (χ3n) is 4.72. The molecule has 0 saturated carbocycles. The molecule has 0 spiro atoms. The average molecular weight is 344 g/mol. The minimum absolute atomic E-state index is 0.0408. The lowest BCUT2D eigenvalue weighted by molar-refractivity contribution is -0.383. The van der Waals surface area contributed by atoms with E-state index in [4.69, 9.17) is 4.74 Å². The summed E-state index contributed by atoms with van der Waals surface area (Å²) < 4.78 is 5.50. The summed E-state index contributed by atoms with van der Waals surface area (Å²) in [7, 11) is 0. The number of pyridine rings is 1. The van der Waals surface area contributed by atoms with Crippen LogP contribution in [0.15, 0.2) is 24.3 Å². The van der Waals surface area contributed by atoms with Crippen molar-refractivity contribution in [2.24, 2.45) is 0 Å². The van der Waals surface area contributed by atoms with Crippen LogP contribution in [0.25, 0.3) is 10.9 Å². The van der Waals surface area contributed by atoms with Gasteiger partial charge in [-0.25, -0.2) is 4.98 Å². The fraction of sp³-hybridized carbons (Fsp3) is 0.500. The molecule has 0 bridgehead atoms. The van der Waals surface area contributed by atoms with Crippen molar-refractivity contribution in [3.05, 3.63) is 40.1 Å². The van der Waals surface area contributed by atoms with Crippen LogP contribution in [0.2, 0.25) is 0 Å². The molecule has 3 rings (SSSR count). The maximum Gasteiger partial charge on any atom is 0.295 e. The third-order valence-corrected chi connectivity index (χ3v) is 4.72. The minimum atomic E-state index is -0.378. The largest absolute Gasteiger partial charge is 0.383 e. The van der Waals surface area contributed by atoms with Gasteiger partial charge in [0.1, 0.15) is 0 Å². The fourth-order valence-electron chi connectivity index (χ4n) is 3.42. The van der Waals surface area contributed by atoms with Crippen LogP contribution in [-0.4, -0.2) is 53.2 Å². The number of non-ortho nitro benzene ring substituents is 1. The molecule has 0 amide bonds. The van der Waals surface area contributed by atoms with Crippen molar-refractivity contribution >= 4 is 22.3 Å². The Morgan fingerprint density at radius 3 is 3.04 bits per heavy atom. The second-order valence-electron chi connectivity index (χ2n) is 6.63. The number of aryl methyl sites for hydroxylation is 1. The number of aromatic nitrogens is 1. The second kappa shape index (κ2) is 7.33. The van der Waals surface area contributed by atoms with Gasteiger partial charge in [-0.3, -0.25) is 15.0 Å². The summed E-state index contributed by atoms with van der Waals surface area (Å²) >= 11 is 0. The molecule has 1 fully saturated rings. The number of nitrogens with one attached hydrogen (secondary N) is 1. The van der Waals surface area contributed by atoms with E-state index in [1.807, 2.05) is 19.1 Å². The molecule has 2 heterocycles. The van der Waals surface area contributed by atoms with E-state index in [1.165, 1.54) is 6.07 Å². The van der Waals surface area contributed by atoms with Gasteiger partial charge in [0.05, 0.1) is 18.1 Å². The lowest BCUT2D eigenvalue weighted by Crippen LogP contribution is -2.50. The first-order valence-electron chi connectivity index (χ1n) is 8.59. The third kappa shape index (κ3) is 3.72. The predicted octanol–water partition coefficient (Wildman–Crippen LogP) is 2.97. The number of ether oxygens (including phenoxy) is 1. The summed E-state index contributed by atoms with van der Waals surface area (Å²) in [6.45, 7) is 9.41. The number of benzene rings is 1. The lowest BCUT2D eigenvalue weighted by Gasteiger charge is -2.38. The number of fused-ring (bicyclic) bond motifs is 1. The highest BCUT2D eigenvalue weighted by molar-refractivity contribution is 5.96. The second-order valence-corrected chi connectivity index (χ2v) is 6.63. The van der Waals surface area contributed by atoms with Crippen molar-refractivity contribution < 1.29 is 9.66 Å². The van der Waals surface area contributed by atoms with Gasteiger partial charge in [-0.05, 0) is 26.8 Å². The Morgan fingerprint density at radius 1 is 1.52 bits per heavy atom. The van der Waals surface area contributed by atoms with Gasteiger partial charge in [-0.2, -0.15) is 0 Å². The molecule has 25 heavy (non-hydrogen) atoms. The Labute approximate surface area is 147 Å². The summed E-state index contributed by atoms with van der Waals surface area (Å²) in [5, 5.41) is 15.5. The van der Waals surface area contributed by atoms with Crippen LogP contribution >= 0.6 is 0 Å². The molecule has 134 valence electrons. The number of anilines is 1. The van der Waals surface area contributed by atoms with E-state index in [9.17, 15) is 10.1 Å². The molecule has 2 aromatic rings. The van der Waals surface area contributed by atoms with Gasteiger partial charge in [0.15, 0.2) is 5.52 Å². The van der Waals surface area contributed by atoms with Gasteiger partial charge in [0, 0.05) is 48.0 Å². The molecule has 7 nitrogen and oxygen atoms in total. The van der Waals surface area contributed by atoms with Crippen LogP contribution < -0.4 is 5.32 Å². The number of nitro groups is 1. The van der Waals surface area contributed by atoms with Crippen molar-refractivity contribution in [1.82, 2.24) is 9.88 Å². The Bertz CT molecular complexity index is 780. The molecule has 7 heteroatoms. The summed E-state index contributed by atoms with van der Waals surface area (Å²) in [6.07, 6.45) is 0. The number of rotatable bonds is 5. The smallest absolute Gasteiger partial charge is 0.295 e. The Hall–Kier alpha value is -2.25. The van der Waals surface area contributed by atoms with Crippen LogP contribution in [0, 0.1) is 17.0 Å². The van der Waals surface area contributed by atoms with Gasteiger partial charge in [0.25, 0.3) is 5.69 Å². The van der Waals surface area contributed by atoms with E-state index >= 15 is 0 Å². The van der Waals surface area contributed by atoms with Gasteiger partial charge in [-0.15, -0.1) is 0 Å². The van der Waals surface area contributed by atoms with Crippen LogP contribution in [0.1, 0.15) is 19.5 Å². The molecule has 0 radical (unpaired) electrons. The molecule has 1 N–H and O–H groups in total. The maximum absolute atomic E-state index is 11.3. The standard InChI is InChI=1S/C18H24N4O3/c1-12-9-16(15-5-4-6-17(22(23)24)18(15)20-12)19-10-13(2)21-7-8-25-11-14(21)3/h4-6,9,13-14H,7-8,10-11H2,1-3H3,(H,19,20). The first-order chi connectivity index (χ1) is 12.0. The van der Waals surface area contributed by atoms with E-state index < -0.39 is 0 Å². The summed E-state index contributed by atoms with van der Waals surface area (Å²) in [6, 6.07) is 7.75. The van der Waals surface area contributed by atoms with Crippen LogP contribution in [0.3, 0.4) is 0 Å². The molecule has 1 aliphatic heterocycles. The number of hydrogen-bond acceptors (Lipinski definition) is 6. The normalized spacial score (nSPS) is 19.7. The summed E-state index contributed by atoms with van der Waals surface area (Å²) in [5.41, 5.74) is 2.12. The van der Waals surface area contributed by atoms with E-state index in [0.29, 0.717) is 17.6 Å². The van der Waals surface area contributed by atoms with Crippen molar-refractivity contribution in [3.63, 3.8) is 0 Å². The van der Waals surface area contributed by atoms with Crippen molar-refractivity contribution in [2.75, 3.05) is 31.6 Å². The molecular weight excluding hydrogens is 320 g/mol. The number of morpholine rings is 1. The zero-order valence-electron chi connectivity index (χ0n) is 14.9. The highest BCUT2D eigenvalue weighted by Gasteiger charge is 2.24. The SMILES string of the molecule is Cc1cc(NCC(C)N2CCOCC2C)c2cccc([N+](=O)[O-])c2n1. The van der Waals surface area contributed by atoms with Crippen LogP contribution in [0.5, 0.6) is 0 Å². The van der Waals surface area contributed by atoms with E-state index in [-0.39, 0.29) is 10.6 Å². The first kappa shape index (κ1) is 17.6. The molecule has 1 aromatic carbocycles. The van der Waals surface area contributed by atoms with E-state index in [0.717, 1.165) is 43.1 Å². The number of para-hydroxylation sites is 1. The highest BCUT2D eigenvalue weighted by Crippen LogP contribution is 2.30. The summed E-state index contributed by atoms with van der Waals surface area (Å²) in [5.74, 6) is 0. The van der Waals surface area contributed by atoms with Gasteiger partial charge in [-0.1, -0.05) is 12.1 Å². The van der Waals surface area contributed by atoms with Crippen LogP contribution in [-0.2, 0) is 4.74 Å². The quantitative estimate of drug-likeness (QED) is 0.663. The van der Waals surface area contributed by atoms with E-state index in [1.54, 1.807) is 6.07 Å². The van der Waals surface area contributed by atoms with Crippen molar-refractivity contribution in [1.29, 1.82) is 0 Å². The topological polar surface area (TPSA) is 80.5 Å². The first-order valence-corrected chi connectivity index (χ1v) is 8.59. The molecule has 1 saturated heterocycles. The minimum Gasteiger partial charge on any atom is -0.383 e. The zero-order chi connectivity index (χ0) is 18.0. The fourth-order valence-corrected chi connectivity index (χ4v) is 3.42.